The molecule has 7 heteroatoms. The van der Waals surface area contributed by atoms with Gasteiger partial charge in [0, 0.05) is 24.0 Å². The molecule has 2 aromatic heterocycles. The van der Waals surface area contributed by atoms with Gasteiger partial charge in [0.15, 0.2) is 0 Å². The first-order chi connectivity index (χ1) is 9.99. The van der Waals surface area contributed by atoms with Gasteiger partial charge in [0.25, 0.3) is 0 Å². The SMILES string of the molecule is COC(=O)c1cc(C)sc1NC(=O)CCn1cc(C)cn1. The molecule has 0 saturated heterocycles. The number of methoxy groups -OCH3 is 1. The molecule has 0 aliphatic heterocycles. The number of hydrogen-bond donors (Lipinski definition) is 1. The first-order valence-electron chi connectivity index (χ1n) is 6.47. The summed E-state index contributed by atoms with van der Waals surface area (Å²) in [5, 5.41) is 7.41. The Labute approximate surface area is 126 Å². The number of nitrogens with zero attached hydrogens (tertiary/aromatic N) is 2. The van der Waals surface area contributed by atoms with Crippen LogP contribution < -0.4 is 5.32 Å². The largest absolute Gasteiger partial charge is 0.465 e. The predicted molar refractivity (Wildman–Crippen MR) is 80.6 cm³/mol. The molecule has 6 nitrogen and oxygen atoms in total. The van der Waals surface area contributed by atoms with E-state index in [9.17, 15) is 9.59 Å². The molecule has 0 bridgehead atoms. The molecule has 112 valence electrons. The number of aromatic nitrogens is 2. The Hall–Kier alpha value is -2.15. The van der Waals surface area contributed by atoms with Gasteiger partial charge in [0.1, 0.15) is 5.00 Å². The van der Waals surface area contributed by atoms with Crippen LogP contribution >= 0.6 is 11.3 Å². The molecule has 0 spiro atoms. The van der Waals surface area contributed by atoms with E-state index in [1.54, 1.807) is 16.9 Å². The van der Waals surface area contributed by atoms with Gasteiger partial charge in [-0.3, -0.25) is 9.48 Å². The summed E-state index contributed by atoms with van der Waals surface area (Å²) in [6.45, 7) is 4.32. The monoisotopic (exact) mass is 307 g/mol. The second-order valence-electron chi connectivity index (χ2n) is 4.67. The van der Waals surface area contributed by atoms with Crippen molar-refractivity contribution >= 4 is 28.2 Å². The maximum absolute atomic E-state index is 12.0. The van der Waals surface area contributed by atoms with Crippen LogP contribution in [0.25, 0.3) is 0 Å². The Kier molecular flexibility index (Phi) is 4.74. The van der Waals surface area contributed by atoms with E-state index >= 15 is 0 Å². The number of ether oxygens (including phenoxy) is 1. The molecular weight excluding hydrogens is 290 g/mol. The number of carbonyl (C=O) groups excluding carboxylic acids is 2. The van der Waals surface area contributed by atoms with E-state index in [0.717, 1.165) is 10.4 Å². The average Bonchev–Trinajstić information content (AvgIpc) is 3.01. The standard InChI is InChI=1S/C14H17N3O3S/c1-9-7-15-17(8-9)5-4-12(18)16-13-11(14(19)20-3)6-10(2)21-13/h6-8H,4-5H2,1-3H3,(H,16,18). The van der Waals surface area contributed by atoms with Crippen molar-refractivity contribution in [3.63, 3.8) is 0 Å². The number of amides is 1. The molecule has 0 atom stereocenters. The second kappa shape index (κ2) is 6.53. The maximum Gasteiger partial charge on any atom is 0.340 e. The minimum Gasteiger partial charge on any atom is -0.465 e. The lowest BCUT2D eigenvalue weighted by Gasteiger charge is -2.05. The van der Waals surface area contributed by atoms with Crippen molar-refractivity contribution in [3.05, 3.63) is 34.5 Å². The topological polar surface area (TPSA) is 73.2 Å². The van der Waals surface area contributed by atoms with Gasteiger partial charge < -0.3 is 10.1 Å². The van der Waals surface area contributed by atoms with Gasteiger partial charge in [-0.15, -0.1) is 11.3 Å². The van der Waals surface area contributed by atoms with Gasteiger partial charge in [0.2, 0.25) is 5.91 Å². The van der Waals surface area contributed by atoms with E-state index < -0.39 is 5.97 Å². The minimum absolute atomic E-state index is 0.157. The van der Waals surface area contributed by atoms with Crippen molar-refractivity contribution in [2.75, 3.05) is 12.4 Å². The molecule has 0 saturated carbocycles. The number of anilines is 1. The van der Waals surface area contributed by atoms with E-state index in [1.807, 2.05) is 20.0 Å². The van der Waals surface area contributed by atoms with Crippen LogP contribution in [-0.2, 0) is 16.1 Å². The molecule has 2 rings (SSSR count). The molecule has 2 heterocycles. The third-order valence-electron chi connectivity index (χ3n) is 2.84. The highest BCUT2D eigenvalue weighted by Gasteiger charge is 2.17. The minimum atomic E-state index is -0.447. The maximum atomic E-state index is 12.0. The van der Waals surface area contributed by atoms with Gasteiger partial charge in [-0.1, -0.05) is 0 Å². The lowest BCUT2D eigenvalue weighted by atomic mass is 10.3. The van der Waals surface area contributed by atoms with Crippen LogP contribution in [0.3, 0.4) is 0 Å². The van der Waals surface area contributed by atoms with Gasteiger partial charge in [0.05, 0.1) is 18.9 Å². The normalized spacial score (nSPS) is 10.4. The summed E-state index contributed by atoms with van der Waals surface area (Å²) >= 11 is 1.36. The average molecular weight is 307 g/mol. The second-order valence-corrected chi connectivity index (χ2v) is 5.93. The number of carbonyl (C=O) groups is 2. The quantitative estimate of drug-likeness (QED) is 0.861. The highest BCUT2D eigenvalue weighted by atomic mass is 32.1. The fourth-order valence-corrected chi connectivity index (χ4v) is 2.78. The fourth-order valence-electron chi connectivity index (χ4n) is 1.86. The lowest BCUT2D eigenvalue weighted by molar-refractivity contribution is -0.116. The van der Waals surface area contributed by atoms with E-state index in [0.29, 0.717) is 23.5 Å². The summed E-state index contributed by atoms with van der Waals surface area (Å²) < 4.78 is 6.42. The Morgan fingerprint density at radius 3 is 2.81 bits per heavy atom. The van der Waals surface area contributed by atoms with Crippen LogP contribution in [0.5, 0.6) is 0 Å². The summed E-state index contributed by atoms with van der Waals surface area (Å²) in [6.07, 6.45) is 3.91. The first kappa shape index (κ1) is 15.2. The van der Waals surface area contributed by atoms with Crippen LogP contribution in [0.4, 0.5) is 5.00 Å². The van der Waals surface area contributed by atoms with E-state index in [-0.39, 0.29) is 5.91 Å². The van der Waals surface area contributed by atoms with Crippen molar-refractivity contribution in [1.82, 2.24) is 9.78 Å². The first-order valence-corrected chi connectivity index (χ1v) is 7.29. The van der Waals surface area contributed by atoms with Crippen molar-refractivity contribution in [1.29, 1.82) is 0 Å². The Balaban J connectivity index is 1.98. The summed E-state index contributed by atoms with van der Waals surface area (Å²) in [7, 11) is 1.32. The van der Waals surface area contributed by atoms with Crippen LogP contribution in [0.1, 0.15) is 27.2 Å². The zero-order valence-corrected chi connectivity index (χ0v) is 13.0. The van der Waals surface area contributed by atoms with Crippen LogP contribution in [0.2, 0.25) is 0 Å². The zero-order valence-electron chi connectivity index (χ0n) is 12.2. The highest BCUT2D eigenvalue weighted by Crippen LogP contribution is 2.28. The number of rotatable bonds is 5. The summed E-state index contributed by atoms with van der Waals surface area (Å²) in [6, 6.07) is 1.71. The van der Waals surface area contributed by atoms with Gasteiger partial charge in [-0.25, -0.2) is 4.79 Å². The van der Waals surface area contributed by atoms with Crippen molar-refractivity contribution in [3.8, 4) is 0 Å². The van der Waals surface area contributed by atoms with Gasteiger partial charge in [-0.05, 0) is 25.5 Å². The molecule has 2 aromatic rings. The molecule has 0 unspecified atom stereocenters. The predicted octanol–water partition coefficient (Wildman–Crippen LogP) is 2.38. The van der Waals surface area contributed by atoms with E-state index in [4.69, 9.17) is 4.74 Å². The molecule has 0 radical (unpaired) electrons. The molecule has 0 aromatic carbocycles. The summed E-state index contributed by atoms with van der Waals surface area (Å²) in [5.41, 5.74) is 1.44. The summed E-state index contributed by atoms with van der Waals surface area (Å²) in [5.74, 6) is -0.604. The molecule has 1 amide bonds. The lowest BCUT2D eigenvalue weighted by Crippen LogP contribution is -2.16. The van der Waals surface area contributed by atoms with Crippen molar-refractivity contribution < 1.29 is 14.3 Å². The smallest absolute Gasteiger partial charge is 0.340 e. The van der Waals surface area contributed by atoms with Crippen LogP contribution in [-0.4, -0.2) is 28.8 Å². The molecule has 21 heavy (non-hydrogen) atoms. The van der Waals surface area contributed by atoms with E-state index in [1.165, 1.54) is 18.4 Å². The third-order valence-corrected chi connectivity index (χ3v) is 3.81. The van der Waals surface area contributed by atoms with Crippen LogP contribution in [0.15, 0.2) is 18.5 Å². The van der Waals surface area contributed by atoms with Gasteiger partial charge in [-0.2, -0.15) is 5.10 Å². The molecule has 0 aliphatic carbocycles. The summed E-state index contributed by atoms with van der Waals surface area (Å²) in [4.78, 5) is 24.5. The Morgan fingerprint density at radius 1 is 1.43 bits per heavy atom. The number of aryl methyl sites for hydroxylation is 3. The van der Waals surface area contributed by atoms with Crippen molar-refractivity contribution in [2.24, 2.45) is 0 Å². The molecule has 0 aliphatic rings. The number of hydrogen-bond acceptors (Lipinski definition) is 5. The Bertz CT molecular complexity index is 660. The number of esters is 1. The van der Waals surface area contributed by atoms with E-state index in [2.05, 4.69) is 10.4 Å². The molecule has 0 fully saturated rings. The fraction of sp³-hybridized carbons (Fsp3) is 0.357. The molecule has 1 N–H and O–H groups in total. The Morgan fingerprint density at radius 2 is 2.19 bits per heavy atom. The van der Waals surface area contributed by atoms with Crippen molar-refractivity contribution in [2.45, 2.75) is 26.8 Å². The number of thiophene rings is 1. The highest BCUT2D eigenvalue weighted by molar-refractivity contribution is 7.16. The third kappa shape index (κ3) is 3.91. The van der Waals surface area contributed by atoms with Crippen LogP contribution in [0, 0.1) is 13.8 Å². The molecular formula is C14H17N3O3S. The number of nitrogens with one attached hydrogen (secondary N) is 1. The van der Waals surface area contributed by atoms with Gasteiger partial charge >= 0.3 is 5.97 Å². The zero-order chi connectivity index (χ0) is 15.4.